The van der Waals surface area contributed by atoms with Gasteiger partial charge in [-0.2, -0.15) is 0 Å². The molecule has 0 spiro atoms. The Labute approximate surface area is 149 Å². The number of carboxylic acid groups (broad SMARTS) is 1. The highest BCUT2D eigenvalue weighted by Crippen LogP contribution is 2.27. The Morgan fingerprint density at radius 1 is 0.885 bits per heavy atom. The minimum Gasteiger partial charge on any atom is -0.465 e. The van der Waals surface area contributed by atoms with Crippen LogP contribution in [0.2, 0.25) is 0 Å². The SMILES string of the molecule is Nc1ccc(-c2ccncc2)cc1NC(=O)c1ccc(NC(=O)O)cc1. The Kier molecular flexibility index (Phi) is 4.80. The van der Waals surface area contributed by atoms with Crippen LogP contribution in [-0.2, 0) is 0 Å². The second kappa shape index (κ2) is 7.35. The van der Waals surface area contributed by atoms with E-state index in [0.29, 0.717) is 22.6 Å². The van der Waals surface area contributed by atoms with Crippen LogP contribution in [0.4, 0.5) is 21.9 Å². The monoisotopic (exact) mass is 348 g/mol. The molecule has 0 fully saturated rings. The molecule has 0 radical (unpaired) electrons. The normalized spacial score (nSPS) is 10.2. The van der Waals surface area contributed by atoms with E-state index in [1.54, 1.807) is 24.5 Å². The second-order valence-electron chi connectivity index (χ2n) is 5.50. The van der Waals surface area contributed by atoms with E-state index in [1.165, 1.54) is 24.3 Å². The molecule has 2 amide bonds. The summed E-state index contributed by atoms with van der Waals surface area (Å²) in [5.74, 6) is -0.342. The van der Waals surface area contributed by atoms with E-state index in [2.05, 4.69) is 15.6 Å². The molecule has 26 heavy (non-hydrogen) atoms. The first-order valence-electron chi connectivity index (χ1n) is 7.74. The molecule has 130 valence electrons. The number of aromatic nitrogens is 1. The van der Waals surface area contributed by atoms with Crippen molar-refractivity contribution in [3.63, 3.8) is 0 Å². The number of hydrogen-bond acceptors (Lipinski definition) is 4. The summed E-state index contributed by atoms with van der Waals surface area (Å²) >= 11 is 0. The number of nitrogens with one attached hydrogen (secondary N) is 2. The van der Waals surface area contributed by atoms with Gasteiger partial charge in [-0.3, -0.25) is 15.1 Å². The molecular weight excluding hydrogens is 332 g/mol. The fourth-order valence-corrected chi connectivity index (χ4v) is 2.41. The largest absolute Gasteiger partial charge is 0.465 e. The van der Waals surface area contributed by atoms with E-state index in [-0.39, 0.29) is 5.91 Å². The Balaban J connectivity index is 1.79. The third-order valence-electron chi connectivity index (χ3n) is 3.71. The lowest BCUT2D eigenvalue weighted by molar-refractivity contribution is 0.102. The predicted octanol–water partition coefficient (Wildman–Crippen LogP) is 3.67. The molecule has 7 nitrogen and oxygen atoms in total. The van der Waals surface area contributed by atoms with E-state index >= 15 is 0 Å². The van der Waals surface area contributed by atoms with Crippen molar-refractivity contribution in [2.24, 2.45) is 0 Å². The summed E-state index contributed by atoms with van der Waals surface area (Å²) in [5.41, 5.74) is 9.54. The maximum atomic E-state index is 12.4. The van der Waals surface area contributed by atoms with Crippen molar-refractivity contribution in [3.05, 3.63) is 72.6 Å². The number of carbonyl (C=O) groups is 2. The number of nitrogen functional groups attached to an aromatic ring is 1. The van der Waals surface area contributed by atoms with E-state index in [4.69, 9.17) is 10.8 Å². The third kappa shape index (κ3) is 3.96. The van der Waals surface area contributed by atoms with E-state index < -0.39 is 6.09 Å². The standard InChI is InChI=1S/C19H16N4O3/c20-16-6-3-14(12-7-9-21-10-8-12)11-17(16)23-18(24)13-1-4-15(5-2-13)22-19(25)26/h1-11,22H,20H2,(H,23,24)(H,25,26). The van der Waals surface area contributed by atoms with Gasteiger partial charge in [-0.25, -0.2) is 4.79 Å². The smallest absolute Gasteiger partial charge is 0.409 e. The van der Waals surface area contributed by atoms with Crippen LogP contribution in [0.25, 0.3) is 11.1 Å². The van der Waals surface area contributed by atoms with Crippen LogP contribution < -0.4 is 16.4 Å². The lowest BCUT2D eigenvalue weighted by Gasteiger charge is -2.11. The Hall–Kier alpha value is -3.87. The van der Waals surface area contributed by atoms with Gasteiger partial charge in [-0.05, 0) is 59.7 Å². The lowest BCUT2D eigenvalue weighted by Crippen LogP contribution is -2.13. The molecule has 3 rings (SSSR count). The number of carbonyl (C=O) groups excluding carboxylic acids is 1. The van der Waals surface area contributed by atoms with Crippen molar-refractivity contribution in [2.75, 3.05) is 16.4 Å². The number of rotatable bonds is 4. The number of benzene rings is 2. The van der Waals surface area contributed by atoms with E-state index in [9.17, 15) is 9.59 Å². The minimum atomic E-state index is -1.16. The maximum absolute atomic E-state index is 12.4. The van der Waals surface area contributed by atoms with Gasteiger partial charge in [0.05, 0.1) is 11.4 Å². The van der Waals surface area contributed by atoms with Gasteiger partial charge in [0, 0.05) is 23.6 Å². The van der Waals surface area contributed by atoms with Crippen molar-refractivity contribution < 1.29 is 14.7 Å². The molecule has 0 aliphatic carbocycles. The average molecular weight is 348 g/mol. The zero-order valence-electron chi connectivity index (χ0n) is 13.6. The van der Waals surface area contributed by atoms with Crippen LogP contribution in [0.5, 0.6) is 0 Å². The van der Waals surface area contributed by atoms with Gasteiger partial charge in [0.15, 0.2) is 0 Å². The molecule has 3 aromatic rings. The van der Waals surface area contributed by atoms with E-state index in [1.807, 2.05) is 18.2 Å². The summed E-state index contributed by atoms with van der Waals surface area (Å²) in [4.78, 5) is 27.0. The van der Waals surface area contributed by atoms with Crippen LogP contribution >= 0.6 is 0 Å². The summed E-state index contributed by atoms with van der Waals surface area (Å²) < 4.78 is 0. The Bertz CT molecular complexity index is 941. The summed E-state index contributed by atoms with van der Waals surface area (Å²) in [6.07, 6.45) is 2.22. The molecule has 5 N–H and O–H groups in total. The van der Waals surface area contributed by atoms with Crippen LogP contribution in [0, 0.1) is 0 Å². The van der Waals surface area contributed by atoms with Crippen molar-refractivity contribution in [1.82, 2.24) is 4.98 Å². The van der Waals surface area contributed by atoms with Crippen LogP contribution in [0.15, 0.2) is 67.0 Å². The number of hydrogen-bond donors (Lipinski definition) is 4. The summed E-state index contributed by atoms with van der Waals surface area (Å²) in [7, 11) is 0. The molecule has 0 atom stereocenters. The highest BCUT2D eigenvalue weighted by molar-refractivity contribution is 6.06. The van der Waals surface area contributed by atoms with Crippen molar-refractivity contribution in [2.45, 2.75) is 0 Å². The molecule has 1 heterocycles. The van der Waals surface area contributed by atoms with Gasteiger partial charge in [-0.1, -0.05) is 6.07 Å². The number of amides is 2. The molecular formula is C19H16N4O3. The van der Waals surface area contributed by atoms with Gasteiger partial charge in [-0.15, -0.1) is 0 Å². The molecule has 1 aromatic heterocycles. The highest BCUT2D eigenvalue weighted by Gasteiger charge is 2.10. The number of nitrogens with zero attached hydrogens (tertiary/aromatic N) is 1. The number of pyridine rings is 1. The van der Waals surface area contributed by atoms with Gasteiger partial charge in [0.1, 0.15) is 0 Å². The minimum absolute atomic E-state index is 0.342. The van der Waals surface area contributed by atoms with Gasteiger partial charge >= 0.3 is 6.09 Å². The fourth-order valence-electron chi connectivity index (χ4n) is 2.41. The fraction of sp³-hybridized carbons (Fsp3) is 0. The lowest BCUT2D eigenvalue weighted by atomic mass is 10.1. The molecule has 0 saturated heterocycles. The Morgan fingerprint density at radius 2 is 1.58 bits per heavy atom. The highest BCUT2D eigenvalue weighted by atomic mass is 16.4. The molecule has 7 heteroatoms. The quantitative estimate of drug-likeness (QED) is 0.537. The number of anilines is 3. The molecule has 0 unspecified atom stereocenters. The molecule has 0 bridgehead atoms. The molecule has 2 aromatic carbocycles. The van der Waals surface area contributed by atoms with Crippen molar-refractivity contribution >= 4 is 29.1 Å². The van der Waals surface area contributed by atoms with Crippen molar-refractivity contribution in [3.8, 4) is 11.1 Å². The molecule has 0 saturated carbocycles. The van der Waals surface area contributed by atoms with Gasteiger partial charge in [0.25, 0.3) is 5.91 Å². The summed E-state index contributed by atoms with van der Waals surface area (Å²) in [6.45, 7) is 0. The first-order chi connectivity index (χ1) is 12.5. The predicted molar refractivity (Wildman–Crippen MR) is 100 cm³/mol. The Morgan fingerprint density at radius 3 is 2.23 bits per heavy atom. The van der Waals surface area contributed by atoms with Gasteiger partial charge in [0.2, 0.25) is 0 Å². The van der Waals surface area contributed by atoms with Crippen LogP contribution in [0.3, 0.4) is 0 Å². The number of nitrogens with two attached hydrogens (primary N) is 1. The first kappa shape index (κ1) is 17.0. The first-order valence-corrected chi connectivity index (χ1v) is 7.74. The second-order valence-corrected chi connectivity index (χ2v) is 5.50. The van der Waals surface area contributed by atoms with E-state index in [0.717, 1.165) is 11.1 Å². The summed E-state index contributed by atoms with van der Waals surface area (Å²) in [5, 5.41) is 13.7. The third-order valence-corrected chi connectivity index (χ3v) is 3.71. The van der Waals surface area contributed by atoms with Crippen LogP contribution in [-0.4, -0.2) is 22.1 Å². The summed E-state index contributed by atoms with van der Waals surface area (Å²) in [6, 6.07) is 15.2. The molecule has 0 aliphatic rings. The topological polar surface area (TPSA) is 117 Å². The average Bonchev–Trinajstić information content (AvgIpc) is 2.64. The van der Waals surface area contributed by atoms with Gasteiger partial charge < -0.3 is 16.2 Å². The zero-order chi connectivity index (χ0) is 18.5. The van der Waals surface area contributed by atoms with Crippen LogP contribution in [0.1, 0.15) is 10.4 Å². The molecule has 0 aliphatic heterocycles. The zero-order valence-corrected chi connectivity index (χ0v) is 13.6. The maximum Gasteiger partial charge on any atom is 0.409 e. The van der Waals surface area contributed by atoms with Crippen molar-refractivity contribution in [1.29, 1.82) is 0 Å².